The summed E-state index contributed by atoms with van der Waals surface area (Å²) in [6.45, 7) is 0. The number of H-pyrrole nitrogens is 1. The second-order valence-electron chi connectivity index (χ2n) is 6.37. The number of hydrogen-bond acceptors (Lipinski definition) is 4. The minimum atomic E-state index is -0.455. The molecule has 0 aliphatic carbocycles. The van der Waals surface area contributed by atoms with Crippen molar-refractivity contribution in [3.8, 4) is 0 Å². The molecule has 136 valence electrons. The Morgan fingerprint density at radius 2 is 1.96 bits per heavy atom. The minimum absolute atomic E-state index is 0.165. The van der Waals surface area contributed by atoms with Crippen molar-refractivity contribution in [2.75, 3.05) is 5.32 Å². The van der Waals surface area contributed by atoms with Gasteiger partial charge in [-0.2, -0.15) is 0 Å². The highest BCUT2D eigenvalue weighted by Gasteiger charge is 2.10. The predicted molar refractivity (Wildman–Crippen MR) is 103 cm³/mol. The van der Waals surface area contributed by atoms with Gasteiger partial charge in [-0.25, -0.2) is 4.79 Å². The lowest BCUT2D eigenvalue weighted by Crippen LogP contribution is -2.17. The van der Waals surface area contributed by atoms with Crippen LogP contribution in [0.15, 0.2) is 62.5 Å². The standard InChI is InChI=1S/C20H17N3O4/c1-23-16-8-7-14(11-17(16)27-20(23)26)21-18(24)9-6-13-10-12-4-2-3-5-15(12)22-19(13)25/h2-5,7-8,10-11H,6,9H2,1H3,(H,21,24)(H,22,25). The number of aromatic amines is 1. The molecule has 2 heterocycles. The van der Waals surface area contributed by atoms with Gasteiger partial charge in [-0.05, 0) is 36.1 Å². The minimum Gasteiger partial charge on any atom is -0.408 e. The normalized spacial score (nSPS) is 11.1. The molecule has 4 aromatic rings. The number of amides is 1. The number of hydrogen-bond donors (Lipinski definition) is 2. The van der Waals surface area contributed by atoms with Crippen molar-refractivity contribution < 1.29 is 9.21 Å². The number of aryl methyl sites for hydroxylation is 2. The summed E-state index contributed by atoms with van der Waals surface area (Å²) in [7, 11) is 1.62. The van der Waals surface area contributed by atoms with Gasteiger partial charge in [0.25, 0.3) is 5.56 Å². The summed E-state index contributed by atoms with van der Waals surface area (Å²) in [5.41, 5.74) is 2.75. The number of aromatic nitrogens is 2. The summed E-state index contributed by atoms with van der Waals surface area (Å²) < 4.78 is 6.51. The van der Waals surface area contributed by atoms with Crippen LogP contribution in [0.4, 0.5) is 5.69 Å². The first kappa shape index (κ1) is 16.8. The van der Waals surface area contributed by atoms with Crippen molar-refractivity contribution in [2.24, 2.45) is 7.05 Å². The Labute approximate surface area is 153 Å². The van der Waals surface area contributed by atoms with Crippen molar-refractivity contribution in [1.29, 1.82) is 0 Å². The Morgan fingerprint density at radius 3 is 2.81 bits per heavy atom. The summed E-state index contributed by atoms with van der Waals surface area (Å²) in [5.74, 6) is -0.677. The van der Waals surface area contributed by atoms with Crippen LogP contribution in [0.2, 0.25) is 0 Å². The number of carbonyl (C=O) groups excluding carboxylic acids is 1. The fourth-order valence-electron chi connectivity index (χ4n) is 3.06. The van der Waals surface area contributed by atoms with E-state index in [2.05, 4.69) is 10.3 Å². The Hall–Kier alpha value is -3.61. The van der Waals surface area contributed by atoms with Crippen LogP contribution >= 0.6 is 0 Å². The average Bonchev–Trinajstić information content (AvgIpc) is 2.93. The largest absolute Gasteiger partial charge is 0.419 e. The summed E-state index contributed by atoms with van der Waals surface area (Å²) in [5, 5.41) is 3.70. The number of fused-ring (bicyclic) bond motifs is 2. The molecular weight excluding hydrogens is 346 g/mol. The third-order valence-electron chi connectivity index (χ3n) is 4.53. The van der Waals surface area contributed by atoms with E-state index in [4.69, 9.17) is 4.42 Å². The molecule has 0 saturated carbocycles. The fourth-order valence-corrected chi connectivity index (χ4v) is 3.06. The van der Waals surface area contributed by atoms with Gasteiger partial charge in [-0.3, -0.25) is 14.2 Å². The molecule has 0 bridgehead atoms. The molecular formula is C20H17N3O4. The Bertz CT molecular complexity index is 1280. The van der Waals surface area contributed by atoms with Gasteiger partial charge in [0.15, 0.2) is 5.58 Å². The molecule has 1 amide bonds. The number of anilines is 1. The van der Waals surface area contributed by atoms with Crippen molar-refractivity contribution in [3.63, 3.8) is 0 Å². The lowest BCUT2D eigenvalue weighted by atomic mass is 10.1. The first-order valence-corrected chi connectivity index (χ1v) is 8.51. The maximum atomic E-state index is 12.2. The van der Waals surface area contributed by atoms with Crippen LogP contribution in [0.5, 0.6) is 0 Å². The van der Waals surface area contributed by atoms with E-state index in [0.29, 0.717) is 28.8 Å². The van der Waals surface area contributed by atoms with Crippen molar-refractivity contribution in [3.05, 3.63) is 75.0 Å². The van der Waals surface area contributed by atoms with Gasteiger partial charge < -0.3 is 14.7 Å². The molecule has 4 rings (SSSR count). The van der Waals surface area contributed by atoms with Gasteiger partial charge in [-0.1, -0.05) is 18.2 Å². The second-order valence-corrected chi connectivity index (χ2v) is 6.37. The molecule has 2 aromatic carbocycles. The summed E-state index contributed by atoms with van der Waals surface area (Å²) in [6, 6.07) is 14.3. The average molecular weight is 363 g/mol. The molecule has 0 saturated heterocycles. The Morgan fingerprint density at radius 1 is 1.15 bits per heavy atom. The number of nitrogens with one attached hydrogen (secondary N) is 2. The highest BCUT2D eigenvalue weighted by atomic mass is 16.4. The third kappa shape index (κ3) is 3.27. The molecule has 2 N–H and O–H groups in total. The molecule has 0 unspecified atom stereocenters. The van der Waals surface area contributed by atoms with E-state index in [1.807, 2.05) is 30.3 Å². The lowest BCUT2D eigenvalue weighted by molar-refractivity contribution is -0.116. The van der Waals surface area contributed by atoms with Crippen molar-refractivity contribution >= 4 is 33.6 Å². The molecule has 2 aromatic heterocycles. The Kier molecular flexibility index (Phi) is 4.12. The van der Waals surface area contributed by atoms with Gasteiger partial charge in [0.1, 0.15) is 0 Å². The van der Waals surface area contributed by atoms with Crippen LogP contribution in [-0.4, -0.2) is 15.5 Å². The summed E-state index contributed by atoms with van der Waals surface area (Å²) in [4.78, 5) is 38.8. The van der Waals surface area contributed by atoms with E-state index in [1.54, 1.807) is 25.2 Å². The van der Waals surface area contributed by atoms with Crippen LogP contribution in [0.3, 0.4) is 0 Å². The number of oxazole rings is 1. The van der Waals surface area contributed by atoms with Gasteiger partial charge in [0.2, 0.25) is 5.91 Å². The second kappa shape index (κ2) is 6.60. The molecule has 7 nitrogen and oxygen atoms in total. The molecule has 27 heavy (non-hydrogen) atoms. The first-order valence-electron chi connectivity index (χ1n) is 8.51. The first-order chi connectivity index (χ1) is 13.0. The van der Waals surface area contributed by atoms with Gasteiger partial charge in [0, 0.05) is 36.3 Å². The lowest BCUT2D eigenvalue weighted by Gasteiger charge is -2.06. The van der Waals surface area contributed by atoms with Gasteiger partial charge in [0.05, 0.1) is 5.52 Å². The number of rotatable bonds is 4. The van der Waals surface area contributed by atoms with Gasteiger partial charge in [-0.15, -0.1) is 0 Å². The maximum Gasteiger partial charge on any atom is 0.419 e. The smallest absolute Gasteiger partial charge is 0.408 e. The molecule has 0 aliphatic heterocycles. The number of nitrogens with zero attached hydrogens (tertiary/aromatic N) is 1. The molecule has 0 aliphatic rings. The van der Waals surface area contributed by atoms with Crippen LogP contribution in [-0.2, 0) is 18.3 Å². The van der Waals surface area contributed by atoms with Crippen LogP contribution in [0, 0.1) is 0 Å². The maximum absolute atomic E-state index is 12.2. The number of para-hydroxylation sites is 1. The van der Waals surface area contributed by atoms with Crippen molar-refractivity contribution in [2.45, 2.75) is 12.8 Å². The van der Waals surface area contributed by atoms with E-state index in [9.17, 15) is 14.4 Å². The van der Waals surface area contributed by atoms with Crippen LogP contribution in [0.25, 0.3) is 22.0 Å². The SMILES string of the molecule is Cn1c(=O)oc2cc(NC(=O)CCc3cc4ccccc4[nH]c3=O)ccc21. The van der Waals surface area contributed by atoms with E-state index < -0.39 is 5.76 Å². The van der Waals surface area contributed by atoms with E-state index >= 15 is 0 Å². The zero-order valence-electron chi connectivity index (χ0n) is 14.6. The summed E-state index contributed by atoms with van der Waals surface area (Å²) >= 11 is 0. The molecule has 0 fully saturated rings. The zero-order chi connectivity index (χ0) is 19.0. The zero-order valence-corrected chi connectivity index (χ0v) is 14.6. The monoisotopic (exact) mass is 363 g/mol. The fraction of sp³-hybridized carbons (Fsp3) is 0.150. The number of carbonyl (C=O) groups is 1. The molecule has 0 spiro atoms. The number of pyridine rings is 1. The van der Waals surface area contributed by atoms with Crippen LogP contribution < -0.4 is 16.6 Å². The topological polar surface area (TPSA) is 97.1 Å². The van der Waals surface area contributed by atoms with E-state index in [-0.39, 0.29) is 17.9 Å². The summed E-state index contributed by atoms with van der Waals surface area (Å²) in [6.07, 6.45) is 0.493. The quantitative estimate of drug-likeness (QED) is 0.582. The molecule has 0 radical (unpaired) electrons. The highest BCUT2D eigenvalue weighted by Crippen LogP contribution is 2.18. The highest BCUT2D eigenvalue weighted by molar-refractivity contribution is 5.93. The molecule has 0 atom stereocenters. The van der Waals surface area contributed by atoms with E-state index in [1.165, 1.54) is 4.57 Å². The van der Waals surface area contributed by atoms with E-state index in [0.717, 1.165) is 10.9 Å². The van der Waals surface area contributed by atoms with Crippen LogP contribution in [0.1, 0.15) is 12.0 Å². The third-order valence-corrected chi connectivity index (χ3v) is 4.53. The number of benzene rings is 2. The predicted octanol–water partition coefficient (Wildman–Crippen LogP) is 2.54. The van der Waals surface area contributed by atoms with Gasteiger partial charge >= 0.3 is 5.76 Å². The molecule has 7 heteroatoms. The van der Waals surface area contributed by atoms with Crippen molar-refractivity contribution in [1.82, 2.24) is 9.55 Å². The Balaban J connectivity index is 1.48.